The second-order valence-electron chi connectivity index (χ2n) is 3.20. The maximum absolute atomic E-state index is 10.6. The minimum absolute atomic E-state index is 0.317. The summed E-state index contributed by atoms with van der Waals surface area (Å²) in [6.07, 6.45) is 3.31. The van der Waals surface area contributed by atoms with Gasteiger partial charge in [0, 0.05) is 13.1 Å². The quantitative estimate of drug-likeness (QED) is 0.653. The lowest BCUT2D eigenvalue weighted by Gasteiger charge is -2.06. The van der Waals surface area contributed by atoms with Crippen molar-refractivity contribution in [3.63, 3.8) is 0 Å². The molecule has 70 valence electrons. The lowest BCUT2D eigenvalue weighted by Crippen LogP contribution is -2.02. The number of esters is 1. The average Bonchev–Trinajstić information content (AvgIpc) is 2.03. The van der Waals surface area contributed by atoms with Crippen LogP contribution in [0.2, 0.25) is 0 Å². The highest BCUT2D eigenvalue weighted by Crippen LogP contribution is 2.18. The maximum atomic E-state index is 10.6. The Hall–Kier alpha value is -1.38. The van der Waals surface area contributed by atoms with Crippen LogP contribution < -0.4 is 4.74 Å². The van der Waals surface area contributed by atoms with Gasteiger partial charge in [-0.3, -0.25) is 9.78 Å². The van der Waals surface area contributed by atoms with E-state index < -0.39 is 0 Å². The van der Waals surface area contributed by atoms with Crippen LogP contribution in [0.1, 0.15) is 32.3 Å². The lowest BCUT2D eigenvalue weighted by atomic mass is 10.1. The zero-order valence-electron chi connectivity index (χ0n) is 8.07. The molecule has 0 aliphatic rings. The monoisotopic (exact) mass is 179 g/mol. The molecule has 0 aliphatic carbocycles. The van der Waals surface area contributed by atoms with Gasteiger partial charge in [-0.05, 0) is 17.5 Å². The molecule has 1 aromatic heterocycles. The molecule has 1 heterocycles. The van der Waals surface area contributed by atoms with Crippen LogP contribution in [0, 0.1) is 0 Å². The Balaban J connectivity index is 2.85. The van der Waals surface area contributed by atoms with Crippen LogP contribution in [0.25, 0.3) is 0 Å². The third kappa shape index (κ3) is 2.86. The normalized spacial score (nSPS) is 10.2. The number of rotatable bonds is 2. The molecule has 0 aliphatic heterocycles. The predicted octanol–water partition coefficient (Wildman–Crippen LogP) is 2.13. The van der Waals surface area contributed by atoms with Crippen molar-refractivity contribution in [2.75, 3.05) is 0 Å². The van der Waals surface area contributed by atoms with Gasteiger partial charge in [-0.25, -0.2) is 0 Å². The minimum atomic E-state index is -0.317. The van der Waals surface area contributed by atoms with E-state index in [2.05, 4.69) is 18.8 Å². The molecular weight excluding hydrogens is 166 g/mol. The van der Waals surface area contributed by atoms with Crippen LogP contribution in [-0.4, -0.2) is 11.0 Å². The van der Waals surface area contributed by atoms with Crippen molar-refractivity contribution in [1.29, 1.82) is 0 Å². The Morgan fingerprint density at radius 2 is 2.15 bits per heavy atom. The standard InChI is InChI=1S/C10H13NO2/c1-7(2)9-4-10(6-11-5-9)13-8(3)12/h4-7H,1-3H3. The summed E-state index contributed by atoms with van der Waals surface area (Å²) in [4.78, 5) is 14.6. The molecule has 0 atom stereocenters. The molecule has 1 rings (SSSR count). The first-order valence-corrected chi connectivity index (χ1v) is 4.23. The second kappa shape index (κ2) is 4.03. The highest BCUT2D eigenvalue weighted by Gasteiger charge is 2.03. The van der Waals surface area contributed by atoms with Crippen LogP contribution in [-0.2, 0) is 4.79 Å². The van der Waals surface area contributed by atoms with E-state index in [0.717, 1.165) is 5.56 Å². The summed E-state index contributed by atoms with van der Waals surface area (Å²) in [5, 5.41) is 0. The second-order valence-corrected chi connectivity index (χ2v) is 3.20. The fraction of sp³-hybridized carbons (Fsp3) is 0.400. The Morgan fingerprint density at radius 3 is 2.69 bits per heavy atom. The molecule has 0 aromatic carbocycles. The Labute approximate surface area is 77.8 Å². The summed E-state index contributed by atoms with van der Waals surface area (Å²) >= 11 is 0. The largest absolute Gasteiger partial charge is 0.425 e. The van der Waals surface area contributed by atoms with Crippen molar-refractivity contribution in [2.24, 2.45) is 0 Å². The molecule has 0 saturated heterocycles. The van der Waals surface area contributed by atoms with E-state index in [4.69, 9.17) is 4.74 Å². The molecule has 0 amide bonds. The van der Waals surface area contributed by atoms with Gasteiger partial charge in [-0.2, -0.15) is 0 Å². The van der Waals surface area contributed by atoms with E-state index in [-0.39, 0.29) is 5.97 Å². The minimum Gasteiger partial charge on any atom is -0.425 e. The average molecular weight is 179 g/mol. The molecule has 1 aromatic rings. The number of nitrogens with zero attached hydrogens (tertiary/aromatic N) is 1. The summed E-state index contributed by atoms with van der Waals surface area (Å²) < 4.78 is 4.90. The third-order valence-electron chi connectivity index (χ3n) is 1.66. The molecule has 3 nitrogen and oxygen atoms in total. The predicted molar refractivity (Wildman–Crippen MR) is 49.6 cm³/mol. The van der Waals surface area contributed by atoms with Gasteiger partial charge in [0.2, 0.25) is 0 Å². The summed E-state index contributed by atoms with van der Waals surface area (Å²) in [6, 6.07) is 1.83. The van der Waals surface area contributed by atoms with Crippen molar-refractivity contribution in [3.05, 3.63) is 24.0 Å². The number of aromatic nitrogens is 1. The van der Waals surface area contributed by atoms with Gasteiger partial charge in [-0.15, -0.1) is 0 Å². The number of hydrogen-bond donors (Lipinski definition) is 0. The van der Waals surface area contributed by atoms with Crippen molar-refractivity contribution in [2.45, 2.75) is 26.7 Å². The highest BCUT2D eigenvalue weighted by atomic mass is 16.5. The van der Waals surface area contributed by atoms with Crippen LogP contribution in [0.3, 0.4) is 0 Å². The first-order valence-electron chi connectivity index (χ1n) is 4.23. The summed E-state index contributed by atoms with van der Waals surface area (Å²) in [5.74, 6) is 0.587. The molecule has 13 heavy (non-hydrogen) atoms. The van der Waals surface area contributed by atoms with Gasteiger partial charge < -0.3 is 4.74 Å². The Morgan fingerprint density at radius 1 is 1.46 bits per heavy atom. The smallest absolute Gasteiger partial charge is 0.308 e. The lowest BCUT2D eigenvalue weighted by molar-refractivity contribution is -0.131. The first kappa shape index (κ1) is 9.71. The molecule has 0 saturated carbocycles. The molecule has 0 unspecified atom stereocenters. The summed E-state index contributed by atoms with van der Waals surface area (Å²) in [7, 11) is 0. The molecule has 3 heteroatoms. The van der Waals surface area contributed by atoms with Gasteiger partial charge in [0.05, 0.1) is 6.20 Å². The molecule has 0 spiro atoms. The molecule has 0 N–H and O–H groups in total. The number of carbonyl (C=O) groups is 1. The summed E-state index contributed by atoms with van der Waals surface area (Å²) in [6.45, 7) is 5.51. The van der Waals surface area contributed by atoms with E-state index in [0.29, 0.717) is 11.7 Å². The van der Waals surface area contributed by atoms with Crippen LogP contribution >= 0.6 is 0 Å². The first-order chi connectivity index (χ1) is 6.09. The number of pyridine rings is 1. The highest BCUT2D eigenvalue weighted by molar-refractivity contribution is 5.69. The molecule has 0 bridgehead atoms. The Bertz CT molecular complexity index is 308. The van der Waals surface area contributed by atoms with Crippen molar-refractivity contribution in [1.82, 2.24) is 4.98 Å². The van der Waals surface area contributed by atoms with Crippen molar-refractivity contribution in [3.8, 4) is 5.75 Å². The maximum Gasteiger partial charge on any atom is 0.308 e. The van der Waals surface area contributed by atoms with Crippen molar-refractivity contribution >= 4 is 5.97 Å². The summed E-state index contributed by atoms with van der Waals surface area (Å²) in [5.41, 5.74) is 1.07. The fourth-order valence-corrected chi connectivity index (χ4v) is 0.973. The van der Waals surface area contributed by atoms with E-state index >= 15 is 0 Å². The number of carbonyl (C=O) groups excluding carboxylic acids is 1. The van der Waals surface area contributed by atoms with E-state index in [1.54, 1.807) is 6.20 Å². The SMILES string of the molecule is CC(=O)Oc1cncc(C(C)C)c1. The zero-order valence-corrected chi connectivity index (χ0v) is 8.07. The molecular formula is C10H13NO2. The van der Waals surface area contributed by atoms with E-state index in [1.165, 1.54) is 13.1 Å². The van der Waals surface area contributed by atoms with Gasteiger partial charge >= 0.3 is 5.97 Å². The van der Waals surface area contributed by atoms with Crippen LogP contribution in [0.5, 0.6) is 5.75 Å². The van der Waals surface area contributed by atoms with Crippen LogP contribution in [0.15, 0.2) is 18.5 Å². The van der Waals surface area contributed by atoms with Gasteiger partial charge in [0.15, 0.2) is 0 Å². The fourth-order valence-electron chi connectivity index (χ4n) is 0.973. The molecule has 0 radical (unpaired) electrons. The topological polar surface area (TPSA) is 39.2 Å². The zero-order chi connectivity index (χ0) is 9.84. The van der Waals surface area contributed by atoms with Crippen molar-refractivity contribution < 1.29 is 9.53 Å². The van der Waals surface area contributed by atoms with Gasteiger partial charge in [-0.1, -0.05) is 13.8 Å². The Kier molecular flexibility index (Phi) is 3.01. The van der Waals surface area contributed by atoms with E-state index in [1.807, 2.05) is 6.07 Å². The third-order valence-corrected chi connectivity index (χ3v) is 1.66. The van der Waals surface area contributed by atoms with Crippen LogP contribution in [0.4, 0.5) is 0 Å². The van der Waals surface area contributed by atoms with Gasteiger partial charge in [0.25, 0.3) is 0 Å². The number of hydrogen-bond acceptors (Lipinski definition) is 3. The molecule has 0 fully saturated rings. The van der Waals surface area contributed by atoms with Gasteiger partial charge in [0.1, 0.15) is 5.75 Å². The number of ether oxygens (including phenoxy) is 1. The van der Waals surface area contributed by atoms with E-state index in [9.17, 15) is 4.79 Å².